The van der Waals surface area contributed by atoms with Crippen LogP contribution in [0.5, 0.6) is 0 Å². The Labute approximate surface area is 257 Å². The van der Waals surface area contributed by atoms with Crippen molar-refractivity contribution >= 4 is 9.84 Å². The Hall–Kier alpha value is -1.12. The first-order valence-corrected chi connectivity index (χ1v) is 18.1. The molecule has 244 valence electrons. The lowest BCUT2D eigenvalue weighted by molar-refractivity contribution is -0.290. The van der Waals surface area contributed by atoms with Crippen molar-refractivity contribution in [2.75, 3.05) is 0 Å². The third-order valence-electron chi connectivity index (χ3n) is 13.3. The zero-order valence-electron chi connectivity index (χ0n) is 26.7. The Balaban J connectivity index is 1.31. The first kappa shape index (κ1) is 33.2. The van der Waals surface area contributed by atoms with E-state index in [2.05, 4.69) is 13.8 Å². The van der Waals surface area contributed by atoms with E-state index < -0.39 is 38.4 Å². The van der Waals surface area contributed by atoms with Crippen molar-refractivity contribution in [2.45, 2.75) is 140 Å². The number of hydrogen-bond donors (Lipinski definition) is 2. The topological polar surface area (TPSA) is 74.6 Å². The average Bonchev–Trinajstić information content (AvgIpc) is 3.26. The number of fused-ring (bicyclic) bond motifs is 5. The van der Waals surface area contributed by atoms with E-state index in [4.69, 9.17) is 0 Å². The summed E-state index contributed by atoms with van der Waals surface area (Å²) in [5.41, 5.74) is -3.05. The highest BCUT2D eigenvalue weighted by Gasteiger charge is 2.65. The van der Waals surface area contributed by atoms with Crippen molar-refractivity contribution in [2.24, 2.45) is 45.8 Å². The first-order valence-electron chi connectivity index (χ1n) is 16.6. The highest BCUT2D eigenvalue weighted by atomic mass is 32.2. The predicted molar refractivity (Wildman–Crippen MR) is 163 cm³/mol. The van der Waals surface area contributed by atoms with Crippen LogP contribution in [0.25, 0.3) is 0 Å². The van der Waals surface area contributed by atoms with Crippen LogP contribution in [0.1, 0.15) is 112 Å². The number of benzene rings is 1. The fourth-order valence-electron chi connectivity index (χ4n) is 10.3. The quantitative estimate of drug-likeness (QED) is 0.319. The Morgan fingerprint density at radius 2 is 1.56 bits per heavy atom. The molecule has 0 spiro atoms. The van der Waals surface area contributed by atoms with Gasteiger partial charge in [-0.1, -0.05) is 52.8 Å². The zero-order chi connectivity index (χ0) is 31.6. The maximum absolute atomic E-state index is 13.8. The van der Waals surface area contributed by atoms with Crippen molar-refractivity contribution in [3.8, 4) is 0 Å². The van der Waals surface area contributed by atoms with Crippen molar-refractivity contribution in [1.82, 2.24) is 0 Å². The van der Waals surface area contributed by atoms with Crippen LogP contribution in [0.4, 0.5) is 13.2 Å². The zero-order valence-corrected chi connectivity index (χ0v) is 27.5. The molecule has 5 rings (SSSR count). The van der Waals surface area contributed by atoms with Gasteiger partial charge in [-0.15, -0.1) is 0 Å². The van der Waals surface area contributed by atoms with Crippen LogP contribution in [0.2, 0.25) is 0 Å². The second kappa shape index (κ2) is 11.3. The number of aliphatic hydroxyl groups is 2. The highest BCUT2D eigenvalue weighted by Crippen LogP contribution is 2.69. The molecule has 4 nitrogen and oxygen atoms in total. The molecule has 4 fully saturated rings. The molecular weight excluding hydrogens is 573 g/mol. The molecule has 8 heteroatoms. The molecule has 1 aromatic rings. The molecule has 6 unspecified atom stereocenters. The van der Waals surface area contributed by atoms with Crippen molar-refractivity contribution in [3.05, 3.63) is 30.3 Å². The van der Waals surface area contributed by atoms with Gasteiger partial charge < -0.3 is 10.2 Å². The second-order valence-electron chi connectivity index (χ2n) is 16.4. The Kier molecular flexibility index (Phi) is 8.73. The lowest BCUT2D eigenvalue weighted by atomic mass is 9.43. The van der Waals surface area contributed by atoms with Crippen LogP contribution < -0.4 is 0 Å². The molecule has 43 heavy (non-hydrogen) atoms. The summed E-state index contributed by atoms with van der Waals surface area (Å²) in [7, 11) is -3.62. The molecule has 0 aromatic heterocycles. The third kappa shape index (κ3) is 5.84. The number of hydrogen-bond acceptors (Lipinski definition) is 4. The first-order chi connectivity index (χ1) is 19.8. The molecule has 1 aromatic carbocycles. The largest absolute Gasteiger partial charge is 0.417 e. The molecule has 10 atom stereocenters. The monoisotopic (exact) mass is 626 g/mol. The SMILES string of the molecule is CC(C)(C)[C@@H](O)CC(CC[C@@H]1CCC2C3CCC4C[C@](O)(C(F)(F)F)CC[C@]4(C)C3CCC21C)S(=O)(=O)c1ccccc1. The summed E-state index contributed by atoms with van der Waals surface area (Å²) in [4.78, 5) is 0.312. The minimum absolute atomic E-state index is 0.0927. The minimum Gasteiger partial charge on any atom is -0.393 e. The fraction of sp³-hybridized carbons (Fsp3) is 0.829. The van der Waals surface area contributed by atoms with Gasteiger partial charge in [0.1, 0.15) is 0 Å². The van der Waals surface area contributed by atoms with Crippen LogP contribution in [-0.2, 0) is 9.84 Å². The summed E-state index contributed by atoms with van der Waals surface area (Å²) in [5.74, 6) is 1.66. The summed E-state index contributed by atoms with van der Waals surface area (Å²) in [6.07, 6.45) is 2.11. The molecule has 4 aliphatic rings. The normalized spacial score (nSPS) is 39.8. The van der Waals surface area contributed by atoms with E-state index >= 15 is 0 Å². The molecule has 0 amide bonds. The van der Waals surface area contributed by atoms with Crippen LogP contribution >= 0.6 is 0 Å². The third-order valence-corrected chi connectivity index (χ3v) is 15.5. The summed E-state index contributed by atoms with van der Waals surface area (Å²) >= 11 is 0. The number of rotatable bonds is 7. The standard InChI is InChI=1S/C35H53F3O4S/c1-31(2,3)30(39)21-26(43(41,42)25-9-7-6-8-10-25)14-11-23-13-16-28-27-15-12-24-22-34(40,35(36,37)38)20-19-33(24,5)29(27)17-18-32(23,28)4/h6-10,23-24,26-30,39-40H,11-22H2,1-5H3/t23-,24?,26?,27?,28?,29?,30+,32?,33+,34+/m1/s1. The summed E-state index contributed by atoms with van der Waals surface area (Å²) in [5, 5.41) is 20.9. The van der Waals surface area contributed by atoms with Gasteiger partial charge in [0.25, 0.3) is 0 Å². The summed E-state index contributed by atoms with van der Waals surface area (Å²) in [6.45, 7) is 10.4. The molecule has 4 aliphatic carbocycles. The van der Waals surface area contributed by atoms with Crippen molar-refractivity contribution in [3.63, 3.8) is 0 Å². The van der Waals surface area contributed by atoms with Gasteiger partial charge in [0.05, 0.1) is 16.2 Å². The van der Waals surface area contributed by atoms with Crippen LogP contribution in [-0.4, -0.2) is 41.8 Å². The van der Waals surface area contributed by atoms with Crippen LogP contribution in [0, 0.1) is 45.8 Å². The van der Waals surface area contributed by atoms with Crippen molar-refractivity contribution in [1.29, 1.82) is 0 Å². The highest BCUT2D eigenvalue weighted by molar-refractivity contribution is 7.92. The van der Waals surface area contributed by atoms with Gasteiger partial charge in [0, 0.05) is 0 Å². The Bertz CT molecular complexity index is 1240. The maximum atomic E-state index is 13.8. The Morgan fingerprint density at radius 3 is 2.19 bits per heavy atom. The fourth-order valence-corrected chi connectivity index (χ4v) is 12.1. The molecule has 0 bridgehead atoms. The van der Waals surface area contributed by atoms with Gasteiger partial charge in [0.15, 0.2) is 15.4 Å². The Morgan fingerprint density at radius 1 is 0.907 bits per heavy atom. The number of halogens is 3. The number of alkyl halides is 3. The molecule has 0 aliphatic heterocycles. The molecule has 0 heterocycles. The van der Waals surface area contributed by atoms with Gasteiger partial charge in [0.2, 0.25) is 0 Å². The minimum atomic E-state index is -4.58. The van der Waals surface area contributed by atoms with E-state index in [1.807, 2.05) is 26.8 Å². The lowest BCUT2D eigenvalue weighted by Crippen LogP contribution is -2.59. The van der Waals surface area contributed by atoms with E-state index in [0.717, 1.165) is 44.9 Å². The molecular formula is C35H53F3O4S. The van der Waals surface area contributed by atoms with Gasteiger partial charge in [-0.3, -0.25) is 0 Å². The van der Waals surface area contributed by atoms with E-state index in [1.165, 1.54) is 0 Å². The van der Waals surface area contributed by atoms with Crippen LogP contribution in [0.15, 0.2) is 35.2 Å². The van der Waals surface area contributed by atoms with E-state index in [-0.39, 0.29) is 36.0 Å². The van der Waals surface area contributed by atoms with Gasteiger partial charge >= 0.3 is 6.18 Å². The van der Waals surface area contributed by atoms with Gasteiger partial charge in [-0.25, -0.2) is 8.42 Å². The molecule has 2 N–H and O–H groups in total. The summed E-state index contributed by atoms with van der Waals surface area (Å²) < 4.78 is 68.9. The number of aliphatic hydroxyl groups excluding tert-OH is 1. The van der Waals surface area contributed by atoms with E-state index in [1.54, 1.807) is 24.3 Å². The van der Waals surface area contributed by atoms with E-state index in [0.29, 0.717) is 41.4 Å². The smallest absolute Gasteiger partial charge is 0.393 e. The average molecular weight is 627 g/mol. The number of sulfone groups is 1. The van der Waals surface area contributed by atoms with Gasteiger partial charge in [-0.05, 0) is 135 Å². The van der Waals surface area contributed by atoms with Crippen molar-refractivity contribution < 1.29 is 31.8 Å². The molecule has 0 radical (unpaired) electrons. The molecule has 0 saturated heterocycles. The second-order valence-corrected chi connectivity index (χ2v) is 18.6. The summed E-state index contributed by atoms with van der Waals surface area (Å²) in [6, 6.07) is 8.60. The maximum Gasteiger partial charge on any atom is 0.417 e. The lowest BCUT2D eigenvalue weighted by Gasteiger charge is -2.62. The van der Waals surface area contributed by atoms with Gasteiger partial charge in [-0.2, -0.15) is 13.2 Å². The predicted octanol–water partition coefficient (Wildman–Crippen LogP) is 8.36. The van der Waals surface area contributed by atoms with E-state index in [9.17, 15) is 31.8 Å². The molecule has 4 saturated carbocycles. The van der Waals surface area contributed by atoms with Crippen LogP contribution in [0.3, 0.4) is 0 Å².